The zero-order valence-electron chi connectivity index (χ0n) is 15.0. The van der Waals surface area contributed by atoms with Gasteiger partial charge in [0.2, 0.25) is 0 Å². The van der Waals surface area contributed by atoms with Crippen molar-refractivity contribution >= 4 is 17.5 Å². The number of carbonyl (C=O) groups is 2. The standard InChI is InChI=1S/C21H23N3O2/c1-13(2)24-19(17-5-3-4-6-18(17)21(24)26)22-15-9-7-14(8-10-15)20(25)23-16-11-12-16/h3-10,13,16,19,22H,11-12H2,1-2H3,(H,23,25). The molecule has 2 amide bonds. The maximum Gasteiger partial charge on any atom is 0.256 e. The zero-order valence-corrected chi connectivity index (χ0v) is 15.0. The van der Waals surface area contributed by atoms with Crippen molar-refractivity contribution in [3.05, 3.63) is 65.2 Å². The van der Waals surface area contributed by atoms with Crippen LogP contribution in [0, 0.1) is 0 Å². The van der Waals surface area contributed by atoms with Crippen LogP contribution >= 0.6 is 0 Å². The number of carbonyl (C=O) groups excluding carboxylic acids is 2. The van der Waals surface area contributed by atoms with Gasteiger partial charge in [0, 0.05) is 34.5 Å². The van der Waals surface area contributed by atoms with Crippen molar-refractivity contribution in [2.45, 2.75) is 44.9 Å². The van der Waals surface area contributed by atoms with Crippen LogP contribution in [0.1, 0.15) is 59.1 Å². The van der Waals surface area contributed by atoms with Crippen LogP contribution in [0.3, 0.4) is 0 Å². The molecular formula is C21H23N3O2. The van der Waals surface area contributed by atoms with Crippen molar-refractivity contribution in [2.75, 3.05) is 5.32 Å². The van der Waals surface area contributed by atoms with E-state index in [4.69, 9.17) is 0 Å². The van der Waals surface area contributed by atoms with Crippen LogP contribution in [0.15, 0.2) is 48.5 Å². The van der Waals surface area contributed by atoms with Crippen molar-refractivity contribution in [2.24, 2.45) is 0 Å². The molecule has 134 valence electrons. The summed E-state index contributed by atoms with van der Waals surface area (Å²) in [7, 11) is 0. The van der Waals surface area contributed by atoms with E-state index in [9.17, 15) is 9.59 Å². The first-order valence-electron chi connectivity index (χ1n) is 9.13. The minimum Gasteiger partial charge on any atom is -0.361 e. The molecule has 0 spiro atoms. The van der Waals surface area contributed by atoms with Crippen molar-refractivity contribution in [3.8, 4) is 0 Å². The monoisotopic (exact) mass is 349 g/mol. The molecule has 0 bridgehead atoms. The fourth-order valence-electron chi connectivity index (χ4n) is 3.39. The van der Waals surface area contributed by atoms with Crippen LogP contribution in [-0.4, -0.2) is 28.8 Å². The molecule has 0 saturated heterocycles. The number of fused-ring (bicyclic) bond motifs is 1. The maximum atomic E-state index is 12.7. The lowest BCUT2D eigenvalue weighted by molar-refractivity contribution is 0.0685. The molecule has 1 unspecified atom stereocenters. The quantitative estimate of drug-likeness (QED) is 0.868. The van der Waals surface area contributed by atoms with E-state index in [1.165, 1.54) is 0 Å². The first-order chi connectivity index (χ1) is 12.5. The molecule has 1 aliphatic carbocycles. The van der Waals surface area contributed by atoms with Crippen molar-refractivity contribution in [1.29, 1.82) is 0 Å². The maximum absolute atomic E-state index is 12.7. The molecule has 0 radical (unpaired) electrons. The van der Waals surface area contributed by atoms with Crippen LogP contribution in [0.5, 0.6) is 0 Å². The van der Waals surface area contributed by atoms with Crippen molar-refractivity contribution in [1.82, 2.24) is 10.2 Å². The summed E-state index contributed by atoms with van der Waals surface area (Å²) in [6.45, 7) is 4.04. The highest BCUT2D eigenvalue weighted by Gasteiger charge is 2.37. The van der Waals surface area contributed by atoms with Gasteiger partial charge in [0.1, 0.15) is 6.17 Å². The van der Waals surface area contributed by atoms with Crippen LogP contribution in [0.2, 0.25) is 0 Å². The third kappa shape index (κ3) is 3.05. The molecule has 1 fully saturated rings. The molecule has 4 rings (SSSR count). The Hall–Kier alpha value is -2.82. The molecule has 2 aromatic carbocycles. The zero-order chi connectivity index (χ0) is 18.3. The fraction of sp³-hybridized carbons (Fsp3) is 0.333. The van der Waals surface area contributed by atoms with Crippen molar-refractivity contribution in [3.63, 3.8) is 0 Å². The number of anilines is 1. The van der Waals surface area contributed by atoms with E-state index in [-0.39, 0.29) is 24.0 Å². The molecular weight excluding hydrogens is 326 g/mol. The summed E-state index contributed by atoms with van der Waals surface area (Å²) in [4.78, 5) is 26.7. The molecule has 2 N–H and O–H groups in total. The Bertz CT molecular complexity index is 841. The Kier molecular flexibility index (Phi) is 4.15. The van der Waals surface area contributed by atoms with E-state index in [0.29, 0.717) is 11.6 Å². The third-order valence-electron chi connectivity index (χ3n) is 4.92. The Morgan fingerprint density at radius 3 is 2.42 bits per heavy atom. The molecule has 1 atom stereocenters. The van der Waals surface area contributed by atoms with Gasteiger partial charge in [0.05, 0.1) is 0 Å². The van der Waals surface area contributed by atoms with E-state index in [2.05, 4.69) is 10.6 Å². The predicted molar refractivity (Wildman–Crippen MR) is 101 cm³/mol. The Balaban J connectivity index is 1.55. The smallest absolute Gasteiger partial charge is 0.256 e. The molecule has 2 aromatic rings. The number of hydrogen-bond donors (Lipinski definition) is 2. The van der Waals surface area contributed by atoms with Crippen LogP contribution < -0.4 is 10.6 Å². The molecule has 26 heavy (non-hydrogen) atoms. The second-order valence-electron chi connectivity index (χ2n) is 7.27. The number of amides is 2. The SMILES string of the molecule is CC(C)N1C(=O)c2ccccc2C1Nc1ccc(C(=O)NC2CC2)cc1. The van der Waals surface area contributed by atoms with E-state index in [1.807, 2.05) is 67.3 Å². The molecule has 1 heterocycles. The van der Waals surface area contributed by atoms with Crippen molar-refractivity contribution < 1.29 is 9.59 Å². The van der Waals surface area contributed by atoms with Gasteiger partial charge in [-0.3, -0.25) is 9.59 Å². The first-order valence-corrected chi connectivity index (χ1v) is 9.13. The topological polar surface area (TPSA) is 61.4 Å². The molecule has 1 saturated carbocycles. The molecule has 0 aromatic heterocycles. The Morgan fingerprint density at radius 2 is 1.77 bits per heavy atom. The molecule has 5 heteroatoms. The van der Waals surface area contributed by atoms with Gasteiger partial charge in [-0.2, -0.15) is 0 Å². The average molecular weight is 349 g/mol. The number of nitrogens with one attached hydrogen (secondary N) is 2. The van der Waals surface area contributed by atoms with Gasteiger partial charge < -0.3 is 15.5 Å². The number of hydrogen-bond acceptors (Lipinski definition) is 3. The van der Waals surface area contributed by atoms with E-state index in [1.54, 1.807) is 0 Å². The lowest BCUT2D eigenvalue weighted by Gasteiger charge is -2.30. The van der Waals surface area contributed by atoms with Crippen LogP contribution in [0.4, 0.5) is 5.69 Å². The Morgan fingerprint density at radius 1 is 1.08 bits per heavy atom. The highest BCUT2D eigenvalue weighted by molar-refractivity contribution is 5.99. The van der Waals surface area contributed by atoms with Gasteiger partial charge in [0.25, 0.3) is 11.8 Å². The highest BCUT2D eigenvalue weighted by Crippen LogP contribution is 2.35. The summed E-state index contributed by atoms with van der Waals surface area (Å²) in [6, 6.07) is 15.6. The van der Waals surface area contributed by atoms with Crippen LogP contribution in [0.25, 0.3) is 0 Å². The number of benzene rings is 2. The van der Waals surface area contributed by atoms with E-state index in [0.717, 1.165) is 29.7 Å². The fourth-order valence-corrected chi connectivity index (χ4v) is 3.39. The second-order valence-corrected chi connectivity index (χ2v) is 7.27. The summed E-state index contributed by atoms with van der Waals surface area (Å²) >= 11 is 0. The number of nitrogens with zero attached hydrogens (tertiary/aromatic N) is 1. The van der Waals surface area contributed by atoms with Gasteiger partial charge in [-0.1, -0.05) is 18.2 Å². The van der Waals surface area contributed by atoms with Gasteiger partial charge in [-0.15, -0.1) is 0 Å². The number of rotatable bonds is 5. The Labute approximate surface area is 153 Å². The van der Waals surface area contributed by atoms with E-state index >= 15 is 0 Å². The summed E-state index contributed by atoms with van der Waals surface area (Å²) in [5.41, 5.74) is 3.28. The average Bonchev–Trinajstić information content (AvgIpc) is 3.40. The lowest BCUT2D eigenvalue weighted by atomic mass is 10.1. The van der Waals surface area contributed by atoms with Gasteiger partial charge in [-0.05, 0) is 57.0 Å². The first kappa shape index (κ1) is 16.6. The molecule has 2 aliphatic rings. The highest BCUT2D eigenvalue weighted by atomic mass is 16.2. The second kappa shape index (κ2) is 6.48. The largest absolute Gasteiger partial charge is 0.361 e. The van der Waals surface area contributed by atoms with Gasteiger partial charge in [0.15, 0.2) is 0 Å². The molecule has 5 nitrogen and oxygen atoms in total. The van der Waals surface area contributed by atoms with E-state index < -0.39 is 0 Å². The van der Waals surface area contributed by atoms with Crippen LogP contribution in [-0.2, 0) is 0 Å². The predicted octanol–water partition coefficient (Wildman–Crippen LogP) is 3.55. The summed E-state index contributed by atoms with van der Waals surface area (Å²) < 4.78 is 0. The summed E-state index contributed by atoms with van der Waals surface area (Å²) in [6.07, 6.45) is 1.95. The minimum absolute atomic E-state index is 0.0238. The normalized spacial score (nSPS) is 18.8. The minimum atomic E-state index is -0.204. The third-order valence-corrected chi connectivity index (χ3v) is 4.92. The van der Waals surface area contributed by atoms with Gasteiger partial charge >= 0.3 is 0 Å². The summed E-state index contributed by atoms with van der Waals surface area (Å²) in [5.74, 6) is 0.0257. The van der Waals surface area contributed by atoms with Gasteiger partial charge in [-0.25, -0.2) is 0 Å². The molecule has 1 aliphatic heterocycles. The lowest BCUT2D eigenvalue weighted by Crippen LogP contribution is -2.37. The summed E-state index contributed by atoms with van der Waals surface area (Å²) in [5, 5.41) is 6.44.